The Bertz CT molecular complexity index is 406. The van der Waals surface area contributed by atoms with Crippen LogP contribution in [-0.2, 0) is 4.79 Å². The Balaban J connectivity index is 2.52. The summed E-state index contributed by atoms with van der Waals surface area (Å²) in [5.41, 5.74) is 2.18. The fourth-order valence-corrected chi connectivity index (χ4v) is 2.12. The summed E-state index contributed by atoms with van der Waals surface area (Å²) in [5.74, 6) is -0.784. The molecular formula is C14H21ClN2O2. The first-order valence-corrected chi connectivity index (χ1v) is 6.65. The number of rotatable bonds is 7. The minimum Gasteiger partial charge on any atom is -0.481 e. The van der Waals surface area contributed by atoms with E-state index in [2.05, 4.69) is 0 Å². The van der Waals surface area contributed by atoms with E-state index in [-0.39, 0.29) is 11.8 Å². The van der Waals surface area contributed by atoms with Crippen LogP contribution in [0.4, 0.5) is 5.69 Å². The fraction of sp³-hybridized carbons (Fsp3) is 0.500. The smallest absolute Gasteiger partial charge is 0.304 e. The van der Waals surface area contributed by atoms with E-state index < -0.39 is 5.97 Å². The van der Waals surface area contributed by atoms with Crippen LogP contribution in [0.1, 0.15) is 17.4 Å². The van der Waals surface area contributed by atoms with E-state index in [4.69, 9.17) is 16.7 Å². The van der Waals surface area contributed by atoms with Gasteiger partial charge >= 0.3 is 5.97 Å². The summed E-state index contributed by atoms with van der Waals surface area (Å²) < 4.78 is 0. The predicted octanol–water partition coefficient (Wildman–Crippen LogP) is 2.44. The first-order valence-electron chi connectivity index (χ1n) is 6.22. The Morgan fingerprint density at radius 1 is 1.26 bits per heavy atom. The van der Waals surface area contributed by atoms with E-state index in [1.54, 1.807) is 0 Å². The zero-order valence-electron chi connectivity index (χ0n) is 11.6. The van der Waals surface area contributed by atoms with Crippen LogP contribution in [0.3, 0.4) is 0 Å². The molecule has 0 aliphatic carbocycles. The SMILES string of the molecule is CN(CCC(=O)O)CC(Cl)c1ccc(N(C)C)cc1. The number of hydrogen-bond acceptors (Lipinski definition) is 3. The zero-order chi connectivity index (χ0) is 14.4. The molecule has 0 bridgehead atoms. The average Bonchev–Trinajstić information content (AvgIpc) is 2.36. The minimum atomic E-state index is -0.784. The molecule has 106 valence electrons. The summed E-state index contributed by atoms with van der Waals surface area (Å²) in [7, 11) is 5.87. The predicted molar refractivity (Wildman–Crippen MR) is 79.1 cm³/mol. The maximum absolute atomic E-state index is 10.5. The van der Waals surface area contributed by atoms with Gasteiger partial charge in [0.1, 0.15) is 0 Å². The third-order valence-electron chi connectivity index (χ3n) is 2.95. The van der Waals surface area contributed by atoms with Crippen LogP contribution in [0, 0.1) is 0 Å². The van der Waals surface area contributed by atoms with E-state index in [0.717, 1.165) is 11.3 Å². The number of carbonyl (C=O) groups is 1. The van der Waals surface area contributed by atoms with Crippen LogP contribution in [0.15, 0.2) is 24.3 Å². The van der Waals surface area contributed by atoms with Crippen LogP contribution in [0.2, 0.25) is 0 Å². The summed E-state index contributed by atoms with van der Waals surface area (Å²) in [4.78, 5) is 14.5. The number of anilines is 1. The highest BCUT2D eigenvalue weighted by Crippen LogP contribution is 2.23. The van der Waals surface area contributed by atoms with E-state index in [1.165, 1.54) is 0 Å². The number of hydrogen-bond donors (Lipinski definition) is 1. The summed E-state index contributed by atoms with van der Waals surface area (Å²) in [6.07, 6.45) is 0.139. The molecule has 0 aliphatic rings. The van der Waals surface area contributed by atoms with Gasteiger partial charge in [0.25, 0.3) is 0 Å². The van der Waals surface area contributed by atoms with Gasteiger partial charge in [0.2, 0.25) is 0 Å². The highest BCUT2D eigenvalue weighted by atomic mass is 35.5. The van der Waals surface area contributed by atoms with Crippen molar-refractivity contribution in [3.05, 3.63) is 29.8 Å². The van der Waals surface area contributed by atoms with Crippen molar-refractivity contribution in [1.82, 2.24) is 4.90 Å². The monoisotopic (exact) mass is 284 g/mol. The van der Waals surface area contributed by atoms with Crippen LogP contribution < -0.4 is 4.90 Å². The third kappa shape index (κ3) is 5.49. The molecule has 0 aromatic heterocycles. The molecule has 19 heavy (non-hydrogen) atoms. The number of carboxylic acids is 1. The van der Waals surface area contributed by atoms with Gasteiger partial charge < -0.3 is 14.9 Å². The van der Waals surface area contributed by atoms with Crippen LogP contribution in [-0.4, -0.2) is 50.2 Å². The number of nitrogens with zero attached hydrogens (tertiary/aromatic N) is 2. The molecule has 1 aromatic carbocycles. The van der Waals surface area contributed by atoms with Gasteiger partial charge in [0.15, 0.2) is 0 Å². The molecule has 0 fully saturated rings. The van der Waals surface area contributed by atoms with Crippen molar-refractivity contribution in [1.29, 1.82) is 0 Å². The number of benzene rings is 1. The normalized spacial score (nSPS) is 12.5. The number of halogens is 1. The van der Waals surface area contributed by atoms with Crippen molar-refractivity contribution in [2.45, 2.75) is 11.8 Å². The summed E-state index contributed by atoms with van der Waals surface area (Å²) in [6.45, 7) is 1.14. The molecule has 0 aliphatic heterocycles. The Morgan fingerprint density at radius 2 is 1.84 bits per heavy atom. The van der Waals surface area contributed by atoms with Gasteiger partial charge in [-0.3, -0.25) is 4.79 Å². The zero-order valence-corrected chi connectivity index (χ0v) is 12.4. The molecule has 0 heterocycles. The van der Waals surface area contributed by atoms with Gasteiger partial charge in [0, 0.05) is 32.9 Å². The van der Waals surface area contributed by atoms with Crippen molar-refractivity contribution in [2.24, 2.45) is 0 Å². The standard InChI is InChI=1S/C14H21ClN2O2/c1-16(2)12-6-4-11(5-7-12)13(15)10-17(3)9-8-14(18)19/h4-7,13H,8-10H2,1-3H3,(H,18,19). The van der Waals surface area contributed by atoms with Crippen molar-refractivity contribution >= 4 is 23.3 Å². The van der Waals surface area contributed by atoms with Gasteiger partial charge in [-0.05, 0) is 24.7 Å². The summed E-state index contributed by atoms with van der Waals surface area (Å²) in [5, 5.41) is 8.50. The van der Waals surface area contributed by atoms with E-state index in [0.29, 0.717) is 13.1 Å². The van der Waals surface area contributed by atoms with Crippen molar-refractivity contribution in [3.8, 4) is 0 Å². The molecule has 0 radical (unpaired) electrons. The highest BCUT2D eigenvalue weighted by Gasteiger charge is 2.12. The number of alkyl halides is 1. The molecule has 1 aromatic rings. The topological polar surface area (TPSA) is 43.8 Å². The molecule has 0 amide bonds. The molecular weight excluding hydrogens is 264 g/mol. The van der Waals surface area contributed by atoms with Crippen LogP contribution in [0.5, 0.6) is 0 Å². The highest BCUT2D eigenvalue weighted by molar-refractivity contribution is 6.21. The van der Waals surface area contributed by atoms with Gasteiger partial charge in [-0.25, -0.2) is 0 Å². The Morgan fingerprint density at radius 3 is 2.32 bits per heavy atom. The Hall–Kier alpha value is -1.26. The largest absolute Gasteiger partial charge is 0.481 e. The molecule has 1 atom stereocenters. The number of carboxylic acid groups (broad SMARTS) is 1. The van der Waals surface area contributed by atoms with Crippen molar-refractivity contribution in [3.63, 3.8) is 0 Å². The first-order chi connectivity index (χ1) is 8.90. The second kappa shape index (κ2) is 7.36. The molecule has 4 nitrogen and oxygen atoms in total. The minimum absolute atomic E-state index is 0.130. The lowest BCUT2D eigenvalue weighted by Crippen LogP contribution is -2.25. The maximum Gasteiger partial charge on any atom is 0.304 e. The van der Waals surface area contributed by atoms with Crippen LogP contribution in [0.25, 0.3) is 0 Å². The van der Waals surface area contributed by atoms with E-state index >= 15 is 0 Å². The molecule has 1 rings (SSSR count). The molecule has 5 heteroatoms. The fourth-order valence-electron chi connectivity index (χ4n) is 1.74. The second-order valence-electron chi connectivity index (χ2n) is 4.86. The molecule has 0 saturated carbocycles. The summed E-state index contributed by atoms with van der Waals surface area (Å²) in [6, 6.07) is 8.08. The van der Waals surface area contributed by atoms with Gasteiger partial charge in [-0.15, -0.1) is 11.6 Å². The van der Waals surface area contributed by atoms with Gasteiger partial charge in [0.05, 0.1) is 11.8 Å². The first kappa shape index (κ1) is 15.8. The summed E-state index contributed by atoms with van der Waals surface area (Å²) >= 11 is 6.35. The van der Waals surface area contributed by atoms with Crippen molar-refractivity contribution in [2.75, 3.05) is 39.1 Å². The lowest BCUT2D eigenvalue weighted by Gasteiger charge is -2.20. The van der Waals surface area contributed by atoms with Gasteiger partial charge in [-0.1, -0.05) is 12.1 Å². The number of likely N-dealkylation sites (N-methyl/N-ethyl adjacent to an activating group) is 1. The molecule has 0 saturated heterocycles. The molecule has 1 unspecified atom stereocenters. The second-order valence-corrected chi connectivity index (χ2v) is 5.39. The maximum atomic E-state index is 10.5. The Labute approximate surface area is 119 Å². The van der Waals surface area contributed by atoms with Crippen molar-refractivity contribution < 1.29 is 9.90 Å². The molecule has 0 spiro atoms. The van der Waals surface area contributed by atoms with Gasteiger partial charge in [-0.2, -0.15) is 0 Å². The van der Waals surface area contributed by atoms with Crippen LogP contribution >= 0.6 is 11.6 Å². The lowest BCUT2D eigenvalue weighted by molar-refractivity contribution is -0.137. The lowest BCUT2D eigenvalue weighted by atomic mass is 10.1. The molecule has 1 N–H and O–H groups in total. The quantitative estimate of drug-likeness (QED) is 0.781. The third-order valence-corrected chi connectivity index (χ3v) is 3.34. The average molecular weight is 285 g/mol. The van der Waals surface area contributed by atoms with E-state index in [1.807, 2.05) is 55.2 Å². The number of aliphatic carboxylic acids is 1. The Kier molecular flexibility index (Phi) is 6.12. The van der Waals surface area contributed by atoms with E-state index in [9.17, 15) is 4.79 Å².